The second-order valence-corrected chi connectivity index (χ2v) is 7.64. The lowest BCUT2D eigenvalue weighted by atomic mass is 9.87. The van der Waals surface area contributed by atoms with E-state index in [1.54, 1.807) is 0 Å². The van der Waals surface area contributed by atoms with Crippen LogP contribution in [0.3, 0.4) is 0 Å². The molecule has 0 bridgehead atoms. The van der Waals surface area contributed by atoms with Crippen LogP contribution in [0.2, 0.25) is 0 Å². The van der Waals surface area contributed by atoms with Gasteiger partial charge in [-0.1, -0.05) is 44.2 Å². The fourth-order valence-corrected chi connectivity index (χ4v) is 3.65. The molecule has 1 aliphatic heterocycles. The van der Waals surface area contributed by atoms with Gasteiger partial charge < -0.3 is 5.32 Å². The Hall–Kier alpha value is -0.860. The highest BCUT2D eigenvalue weighted by molar-refractivity contribution is 5.25. The average molecular weight is 286 g/mol. The average Bonchev–Trinajstić information content (AvgIpc) is 3.31. The Kier molecular flexibility index (Phi) is 4.37. The molecule has 116 valence electrons. The molecule has 2 unspecified atom stereocenters. The summed E-state index contributed by atoms with van der Waals surface area (Å²) in [4.78, 5) is 2.78. The zero-order valence-corrected chi connectivity index (χ0v) is 13.8. The van der Waals surface area contributed by atoms with Gasteiger partial charge in [0.2, 0.25) is 0 Å². The molecule has 0 aromatic heterocycles. The van der Waals surface area contributed by atoms with E-state index in [0.717, 1.165) is 31.0 Å². The predicted molar refractivity (Wildman–Crippen MR) is 89.3 cm³/mol. The third kappa shape index (κ3) is 3.49. The fraction of sp³-hybridized carbons (Fsp3) is 0.684. The molecule has 3 rings (SSSR count). The Morgan fingerprint density at radius 3 is 2.57 bits per heavy atom. The van der Waals surface area contributed by atoms with E-state index in [1.165, 1.54) is 31.4 Å². The van der Waals surface area contributed by atoms with E-state index in [4.69, 9.17) is 0 Å². The van der Waals surface area contributed by atoms with Crippen molar-refractivity contribution in [3.63, 3.8) is 0 Å². The van der Waals surface area contributed by atoms with Gasteiger partial charge in [0.15, 0.2) is 0 Å². The molecule has 1 heterocycles. The maximum Gasteiger partial charge on any atom is 0.0535 e. The standard InChI is InChI=1S/C19H30N2/c1-15(2)11-12-21-14-19(3,17-7-5-4-6-8-17)20-13-18(21)16-9-10-16/h4-8,15-16,18,20H,9-14H2,1-3H3. The molecule has 2 nitrogen and oxygen atoms in total. The minimum Gasteiger partial charge on any atom is -0.305 e. The first-order valence-electron chi connectivity index (χ1n) is 8.63. The Balaban J connectivity index is 1.74. The molecule has 21 heavy (non-hydrogen) atoms. The highest BCUT2D eigenvalue weighted by atomic mass is 15.3. The maximum atomic E-state index is 3.86. The van der Waals surface area contributed by atoms with Gasteiger partial charge in [0.25, 0.3) is 0 Å². The van der Waals surface area contributed by atoms with Crippen molar-refractivity contribution in [2.24, 2.45) is 11.8 Å². The summed E-state index contributed by atoms with van der Waals surface area (Å²) in [6.07, 6.45) is 4.19. The van der Waals surface area contributed by atoms with Crippen molar-refractivity contribution >= 4 is 0 Å². The van der Waals surface area contributed by atoms with Crippen molar-refractivity contribution in [2.45, 2.75) is 51.6 Å². The molecule has 1 N–H and O–H groups in total. The van der Waals surface area contributed by atoms with E-state index in [0.29, 0.717) is 0 Å². The van der Waals surface area contributed by atoms with Gasteiger partial charge in [-0.3, -0.25) is 4.90 Å². The Morgan fingerprint density at radius 1 is 1.24 bits per heavy atom. The molecule has 0 amide bonds. The number of hydrogen-bond acceptors (Lipinski definition) is 2. The molecule has 1 saturated heterocycles. The van der Waals surface area contributed by atoms with Crippen molar-refractivity contribution in [1.29, 1.82) is 0 Å². The number of rotatable bonds is 5. The van der Waals surface area contributed by atoms with Crippen LogP contribution < -0.4 is 5.32 Å². The highest BCUT2D eigenvalue weighted by Gasteiger charge is 2.42. The van der Waals surface area contributed by atoms with Crippen molar-refractivity contribution < 1.29 is 0 Å². The van der Waals surface area contributed by atoms with Gasteiger partial charge in [0.1, 0.15) is 0 Å². The normalized spacial score (nSPS) is 30.8. The minimum absolute atomic E-state index is 0.101. The SMILES string of the molecule is CC(C)CCN1CC(C)(c2ccccc2)NCC1C1CC1. The van der Waals surface area contributed by atoms with Crippen molar-refractivity contribution in [2.75, 3.05) is 19.6 Å². The first-order valence-corrected chi connectivity index (χ1v) is 8.63. The smallest absolute Gasteiger partial charge is 0.0535 e. The fourth-order valence-electron chi connectivity index (χ4n) is 3.65. The summed E-state index contributed by atoms with van der Waals surface area (Å²) in [5.74, 6) is 1.74. The first-order chi connectivity index (χ1) is 10.1. The second kappa shape index (κ2) is 6.10. The summed E-state index contributed by atoms with van der Waals surface area (Å²) in [7, 11) is 0. The van der Waals surface area contributed by atoms with Crippen LogP contribution in [-0.4, -0.2) is 30.6 Å². The predicted octanol–water partition coefficient (Wildman–Crippen LogP) is 3.63. The molecule has 2 heteroatoms. The van der Waals surface area contributed by atoms with Crippen molar-refractivity contribution in [3.05, 3.63) is 35.9 Å². The van der Waals surface area contributed by atoms with Gasteiger partial charge in [-0.25, -0.2) is 0 Å². The van der Waals surface area contributed by atoms with Gasteiger partial charge in [-0.15, -0.1) is 0 Å². The summed E-state index contributed by atoms with van der Waals surface area (Å²) in [5, 5.41) is 3.86. The lowest BCUT2D eigenvalue weighted by Crippen LogP contribution is -2.62. The molecule has 2 atom stereocenters. The largest absolute Gasteiger partial charge is 0.305 e. The van der Waals surface area contributed by atoms with E-state index in [1.807, 2.05) is 0 Å². The molecule has 0 spiro atoms. The van der Waals surface area contributed by atoms with Crippen LogP contribution in [0.15, 0.2) is 30.3 Å². The molecule has 2 aliphatic rings. The monoisotopic (exact) mass is 286 g/mol. The molecule has 0 radical (unpaired) electrons. The third-order valence-electron chi connectivity index (χ3n) is 5.26. The van der Waals surface area contributed by atoms with Gasteiger partial charge in [-0.05, 0) is 50.1 Å². The Bertz CT molecular complexity index is 452. The van der Waals surface area contributed by atoms with E-state index in [-0.39, 0.29) is 5.54 Å². The maximum absolute atomic E-state index is 3.86. The van der Waals surface area contributed by atoms with Crippen LogP contribution in [-0.2, 0) is 5.54 Å². The number of hydrogen-bond donors (Lipinski definition) is 1. The quantitative estimate of drug-likeness (QED) is 0.889. The summed E-state index contributed by atoms with van der Waals surface area (Å²) < 4.78 is 0. The van der Waals surface area contributed by atoms with Crippen LogP contribution in [0.4, 0.5) is 0 Å². The van der Waals surface area contributed by atoms with Gasteiger partial charge >= 0.3 is 0 Å². The van der Waals surface area contributed by atoms with E-state index < -0.39 is 0 Å². The summed E-state index contributed by atoms with van der Waals surface area (Å²) in [6.45, 7) is 10.6. The Labute approximate surface area is 129 Å². The lowest BCUT2D eigenvalue weighted by molar-refractivity contribution is 0.0695. The third-order valence-corrected chi connectivity index (χ3v) is 5.26. The molecular weight excluding hydrogens is 256 g/mol. The molecule has 1 aliphatic carbocycles. The molecule has 1 aromatic carbocycles. The van der Waals surface area contributed by atoms with Gasteiger partial charge in [0.05, 0.1) is 5.54 Å². The zero-order valence-electron chi connectivity index (χ0n) is 13.8. The number of piperazine rings is 1. The van der Waals surface area contributed by atoms with Gasteiger partial charge in [-0.2, -0.15) is 0 Å². The van der Waals surface area contributed by atoms with Crippen LogP contribution in [0, 0.1) is 11.8 Å². The second-order valence-electron chi connectivity index (χ2n) is 7.64. The molecule has 2 fully saturated rings. The van der Waals surface area contributed by atoms with Crippen LogP contribution in [0.5, 0.6) is 0 Å². The summed E-state index contributed by atoms with van der Waals surface area (Å²) in [5.41, 5.74) is 1.53. The van der Waals surface area contributed by atoms with E-state index in [9.17, 15) is 0 Å². The van der Waals surface area contributed by atoms with Crippen LogP contribution in [0.1, 0.15) is 45.6 Å². The highest BCUT2D eigenvalue weighted by Crippen LogP contribution is 2.39. The molecule has 1 saturated carbocycles. The van der Waals surface area contributed by atoms with Crippen LogP contribution >= 0.6 is 0 Å². The van der Waals surface area contributed by atoms with E-state index >= 15 is 0 Å². The van der Waals surface area contributed by atoms with Crippen molar-refractivity contribution in [1.82, 2.24) is 10.2 Å². The summed E-state index contributed by atoms with van der Waals surface area (Å²) in [6, 6.07) is 11.7. The number of benzene rings is 1. The zero-order chi connectivity index (χ0) is 14.9. The lowest BCUT2D eigenvalue weighted by Gasteiger charge is -2.47. The van der Waals surface area contributed by atoms with Gasteiger partial charge in [0, 0.05) is 19.1 Å². The number of nitrogens with zero attached hydrogens (tertiary/aromatic N) is 1. The molecular formula is C19H30N2. The summed E-state index contributed by atoms with van der Waals surface area (Å²) >= 11 is 0. The Morgan fingerprint density at radius 2 is 1.95 bits per heavy atom. The number of nitrogens with one attached hydrogen (secondary N) is 1. The van der Waals surface area contributed by atoms with Crippen molar-refractivity contribution in [3.8, 4) is 0 Å². The van der Waals surface area contributed by atoms with Crippen LogP contribution in [0.25, 0.3) is 0 Å². The topological polar surface area (TPSA) is 15.3 Å². The first kappa shape index (κ1) is 15.1. The molecule has 1 aromatic rings. The van der Waals surface area contributed by atoms with E-state index in [2.05, 4.69) is 61.3 Å². The minimum atomic E-state index is 0.101.